The zero-order valence-electron chi connectivity index (χ0n) is 18.9. The van der Waals surface area contributed by atoms with Crippen molar-refractivity contribution in [2.45, 2.75) is 44.2 Å². The van der Waals surface area contributed by atoms with E-state index in [1.807, 2.05) is 43.3 Å². The number of rotatable bonds is 11. The highest BCUT2D eigenvalue weighted by Gasteiger charge is 2.29. The molecule has 176 valence electrons. The molecule has 0 fully saturated rings. The molecular weight excluding hydrogens is 424 g/mol. The quantitative estimate of drug-likeness (QED) is 0.480. The molecule has 0 heterocycles. The Hall–Kier alpha value is -3.39. The molecule has 2 atom stereocenters. The van der Waals surface area contributed by atoms with E-state index >= 15 is 0 Å². The van der Waals surface area contributed by atoms with Crippen LogP contribution in [0, 0.1) is 0 Å². The number of carboxylic acids is 1. The fourth-order valence-corrected chi connectivity index (χ4v) is 4.19. The topological polar surface area (TPSA) is 114 Å². The number of methoxy groups -OCH3 is 1. The van der Waals surface area contributed by atoms with Gasteiger partial charge in [0, 0.05) is 19.1 Å². The van der Waals surface area contributed by atoms with Gasteiger partial charge >= 0.3 is 12.1 Å². The second kappa shape index (κ2) is 11.5. The highest BCUT2D eigenvalue weighted by atomic mass is 16.5. The van der Waals surface area contributed by atoms with Crippen molar-refractivity contribution in [2.75, 3.05) is 20.3 Å². The molecule has 2 amide bonds. The van der Waals surface area contributed by atoms with Crippen molar-refractivity contribution in [3.63, 3.8) is 0 Å². The number of carbonyl (C=O) groups is 3. The largest absolute Gasteiger partial charge is 0.481 e. The highest BCUT2D eigenvalue weighted by Crippen LogP contribution is 2.44. The molecule has 0 saturated carbocycles. The maximum Gasteiger partial charge on any atom is 0.407 e. The maximum atomic E-state index is 12.5. The van der Waals surface area contributed by atoms with E-state index in [1.54, 1.807) is 0 Å². The number of nitrogens with one attached hydrogen (secondary N) is 2. The van der Waals surface area contributed by atoms with Crippen LogP contribution in [0.4, 0.5) is 4.79 Å². The molecule has 0 bridgehead atoms. The number of hydrogen-bond acceptors (Lipinski definition) is 5. The number of alkyl carbamates (subject to hydrolysis) is 1. The highest BCUT2D eigenvalue weighted by molar-refractivity contribution is 5.83. The standard InChI is InChI=1S/C25H30N2O6/c1-3-8-16(13-23(28)29)27-24(30)22(32-2)14-26-25(31)33-15-21-19-11-6-4-9-17(19)18-10-5-7-12-20(18)21/h4-7,9-12,16,21-22H,3,8,13-15H2,1-2H3,(H,26,31)(H,27,30)(H,28,29). The number of carboxylic acid groups (broad SMARTS) is 1. The van der Waals surface area contributed by atoms with Crippen LogP contribution < -0.4 is 10.6 Å². The zero-order chi connectivity index (χ0) is 23.8. The number of carbonyl (C=O) groups excluding carboxylic acids is 2. The summed E-state index contributed by atoms with van der Waals surface area (Å²) in [5, 5.41) is 14.3. The first-order valence-electron chi connectivity index (χ1n) is 11.1. The Bertz CT molecular complexity index is 947. The molecule has 0 saturated heterocycles. The lowest BCUT2D eigenvalue weighted by Gasteiger charge is -2.21. The van der Waals surface area contributed by atoms with Crippen molar-refractivity contribution < 1.29 is 29.0 Å². The van der Waals surface area contributed by atoms with Crippen LogP contribution in [0.1, 0.15) is 43.2 Å². The number of fused-ring (bicyclic) bond motifs is 3. The Morgan fingerprint density at radius 1 is 1.03 bits per heavy atom. The van der Waals surface area contributed by atoms with Gasteiger partial charge in [0.25, 0.3) is 5.91 Å². The molecule has 33 heavy (non-hydrogen) atoms. The van der Waals surface area contributed by atoms with Crippen LogP contribution >= 0.6 is 0 Å². The van der Waals surface area contributed by atoms with Crippen LogP contribution in [-0.4, -0.2) is 55.5 Å². The van der Waals surface area contributed by atoms with Crippen LogP contribution in [0.2, 0.25) is 0 Å². The third kappa shape index (κ3) is 6.10. The smallest absolute Gasteiger partial charge is 0.407 e. The molecule has 0 radical (unpaired) electrons. The van der Waals surface area contributed by atoms with E-state index in [0.29, 0.717) is 6.42 Å². The molecule has 0 spiro atoms. The van der Waals surface area contributed by atoms with Gasteiger partial charge in [0.15, 0.2) is 6.10 Å². The van der Waals surface area contributed by atoms with E-state index < -0.39 is 30.1 Å². The third-order valence-corrected chi connectivity index (χ3v) is 5.76. The lowest BCUT2D eigenvalue weighted by molar-refractivity contribution is -0.138. The van der Waals surface area contributed by atoms with Crippen LogP contribution in [0.15, 0.2) is 48.5 Å². The van der Waals surface area contributed by atoms with E-state index in [9.17, 15) is 14.4 Å². The van der Waals surface area contributed by atoms with E-state index in [2.05, 4.69) is 22.8 Å². The SMILES string of the molecule is CCCC(CC(=O)O)NC(=O)C(CNC(=O)OCC1c2ccccc2-c2ccccc21)OC. The summed E-state index contributed by atoms with van der Waals surface area (Å²) in [4.78, 5) is 35.8. The third-order valence-electron chi connectivity index (χ3n) is 5.76. The lowest BCUT2D eigenvalue weighted by atomic mass is 9.98. The van der Waals surface area contributed by atoms with Crippen molar-refractivity contribution in [1.29, 1.82) is 0 Å². The second-order valence-electron chi connectivity index (χ2n) is 8.02. The van der Waals surface area contributed by atoms with Crippen molar-refractivity contribution in [2.24, 2.45) is 0 Å². The van der Waals surface area contributed by atoms with Gasteiger partial charge in [-0.3, -0.25) is 9.59 Å². The molecule has 0 aromatic heterocycles. The summed E-state index contributed by atoms with van der Waals surface area (Å²) < 4.78 is 10.7. The molecule has 1 aliphatic rings. The summed E-state index contributed by atoms with van der Waals surface area (Å²) in [6.07, 6.45) is -0.515. The van der Waals surface area contributed by atoms with Gasteiger partial charge in [-0.2, -0.15) is 0 Å². The Morgan fingerprint density at radius 3 is 2.18 bits per heavy atom. The number of ether oxygens (including phenoxy) is 2. The Kier molecular flexibility index (Phi) is 8.43. The van der Waals surface area contributed by atoms with E-state index in [1.165, 1.54) is 7.11 Å². The van der Waals surface area contributed by atoms with Gasteiger partial charge in [-0.1, -0.05) is 61.9 Å². The van der Waals surface area contributed by atoms with Crippen molar-refractivity contribution in [3.05, 3.63) is 59.7 Å². The molecular formula is C25H30N2O6. The minimum atomic E-state index is -0.987. The van der Waals surface area contributed by atoms with E-state index in [-0.39, 0.29) is 25.5 Å². The molecule has 0 aliphatic heterocycles. The van der Waals surface area contributed by atoms with Crippen LogP contribution in [0.3, 0.4) is 0 Å². The monoisotopic (exact) mass is 454 g/mol. The van der Waals surface area contributed by atoms with Gasteiger partial charge in [-0.15, -0.1) is 0 Å². The van der Waals surface area contributed by atoms with Crippen LogP contribution in [0.25, 0.3) is 11.1 Å². The number of aliphatic carboxylic acids is 1. The van der Waals surface area contributed by atoms with Gasteiger partial charge in [-0.25, -0.2) is 4.79 Å². The molecule has 1 aliphatic carbocycles. The first-order chi connectivity index (χ1) is 15.9. The fraction of sp³-hybridized carbons (Fsp3) is 0.400. The first-order valence-corrected chi connectivity index (χ1v) is 11.1. The molecule has 2 unspecified atom stereocenters. The van der Waals surface area contributed by atoms with Crippen LogP contribution in [-0.2, 0) is 19.1 Å². The van der Waals surface area contributed by atoms with Crippen molar-refractivity contribution in [3.8, 4) is 11.1 Å². The van der Waals surface area contributed by atoms with Gasteiger partial charge in [0.1, 0.15) is 6.61 Å². The summed E-state index contributed by atoms with van der Waals surface area (Å²) in [7, 11) is 1.36. The average Bonchev–Trinajstić information content (AvgIpc) is 3.11. The van der Waals surface area contributed by atoms with Crippen molar-refractivity contribution in [1.82, 2.24) is 10.6 Å². The summed E-state index contributed by atoms with van der Waals surface area (Å²) in [6, 6.07) is 15.6. The van der Waals surface area contributed by atoms with Crippen molar-refractivity contribution >= 4 is 18.0 Å². The Balaban J connectivity index is 1.53. The molecule has 8 nitrogen and oxygen atoms in total. The number of amides is 2. The first kappa shape index (κ1) is 24.3. The molecule has 2 aromatic rings. The molecule has 3 N–H and O–H groups in total. The lowest BCUT2D eigenvalue weighted by Crippen LogP contribution is -2.47. The maximum absolute atomic E-state index is 12.5. The predicted molar refractivity (Wildman–Crippen MR) is 123 cm³/mol. The predicted octanol–water partition coefficient (Wildman–Crippen LogP) is 3.30. The average molecular weight is 455 g/mol. The summed E-state index contributed by atoms with van der Waals surface area (Å²) in [6.45, 7) is 1.99. The zero-order valence-corrected chi connectivity index (χ0v) is 18.9. The minimum Gasteiger partial charge on any atom is -0.481 e. The summed E-state index contributed by atoms with van der Waals surface area (Å²) in [5.74, 6) is -1.52. The molecule has 2 aromatic carbocycles. The van der Waals surface area contributed by atoms with E-state index in [4.69, 9.17) is 14.6 Å². The van der Waals surface area contributed by atoms with Gasteiger partial charge in [0.2, 0.25) is 0 Å². The van der Waals surface area contributed by atoms with Gasteiger partial charge < -0.3 is 25.2 Å². The minimum absolute atomic E-state index is 0.0597. The normalized spacial score (nSPS) is 14.0. The van der Waals surface area contributed by atoms with Gasteiger partial charge in [0.05, 0.1) is 13.0 Å². The molecule has 3 rings (SSSR count). The van der Waals surface area contributed by atoms with E-state index in [0.717, 1.165) is 28.7 Å². The summed E-state index contributed by atoms with van der Waals surface area (Å²) >= 11 is 0. The summed E-state index contributed by atoms with van der Waals surface area (Å²) in [5.41, 5.74) is 4.50. The Labute approximate surface area is 193 Å². The molecule has 8 heteroatoms. The van der Waals surface area contributed by atoms with Crippen LogP contribution in [0.5, 0.6) is 0 Å². The fourth-order valence-electron chi connectivity index (χ4n) is 4.19. The van der Waals surface area contributed by atoms with Gasteiger partial charge in [-0.05, 0) is 28.7 Å². The number of benzene rings is 2. The number of hydrogen-bond donors (Lipinski definition) is 3. The Morgan fingerprint density at radius 2 is 1.64 bits per heavy atom. The second-order valence-corrected chi connectivity index (χ2v) is 8.02.